The molecule has 1 fully saturated rings. The number of hydrogen-bond acceptors (Lipinski definition) is 3. The summed E-state index contributed by atoms with van der Waals surface area (Å²) in [4.78, 5) is 10.3. The smallest absolute Gasteiger partial charge is 0.269 e. The molecule has 0 radical (unpaired) electrons. The van der Waals surface area contributed by atoms with Gasteiger partial charge in [-0.3, -0.25) is 4.79 Å². The van der Waals surface area contributed by atoms with Crippen molar-refractivity contribution in [3.05, 3.63) is 12.2 Å². The molecule has 1 aliphatic heterocycles. The van der Waals surface area contributed by atoms with Crippen LogP contribution in [-0.4, -0.2) is 14.3 Å². The topological polar surface area (TPSA) is 63.2 Å². The summed E-state index contributed by atoms with van der Waals surface area (Å²) in [5.74, 6) is -0.500. The van der Waals surface area contributed by atoms with Gasteiger partial charge >= 0.3 is 10.0 Å². The van der Waals surface area contributed by atoms with Crippen LogP contribution in [0.3, 0.4) is 0 Å². The van der Waals surface area contributed by atoms with Crippen molar-refractivity contribution in [2.75, 3.05) is 0 Å². The summed E-state index contributed by atoms with van der Waals surface area (Å²) < 4.78 is 22.9. The van der Waals surface area contributed by atoms with Gasteiger partial charge in [-0.05, 0) is 0 Å². The maximum Gasteiger partial charge on any atom is 0.358 e. The summed E-state index contributed by atoms with van der Waals surface area (Å²) in [5.41, 5.74) is 0. The summed E-state index contributed by atoms with van der Waals surface area (Å²) in [7, 11) is -3.47. The second-order valence-corrected chi connectivity index (χ2v) is 3.53. The molecule has 1 rings (SSSR count). The molecule has 0 spiro atoms. The van der Waals surface area contributed by atoms with Crippen molar-refractivity contribution in [1.29, 1.82) is 0 Å². The maximum atomic E-state index is 10.5. The molecule has 5 heteroatoms. The third-order valence-electron chi connectivity index (χ3n) is 0.986. The van der Waals surface area contributed by atoms with Gasteiger partial charge in [0.2, 0.25) is 0 Å². The second kappa shape index (κ2) is 1.63. The number of carbonyl (C=O) groups excluding carboxylic acids is 1. The average Bonchev–Trinajstić information content (AvgIpc) is 1.79. The van der Waals surface area contributed by atoms with Crippen molar-refractivity contribution < 1.29 is 13.2 Å². The zero-order valence-corrected chi connectivity index (χ0v) is 5.36. The molecule has 9 heavy (non-hydrogen) atoms. The molecule has 50 valence electrons. The molecule has 0 aromatic carbocycles. The van der Waals surface area contributed by atoms with E-state index in [9.17, 15) is 13.2 Å². The summed E-state index contributed by atoms with van der Waals surface area (Å²) in [6, 6.07) is 0. The van der Waals surface area contributed by atoms with Gasteiger partial charge in [-0.1, -0.05) is 0 Å². The molecule has 1 aliphatic rings. The highest BCUT2D eigenvalue weighted by Crippen LogP contribution is 2.17. The van der Waals surface area contributed by atoms with Crippen LogP contribution in [0.25, 0.3) is 0 Å². The fourth-order valence-electron chi connectivity index (χ4n) is 0.532. The molecular weight excluding hydrogens is 142 g/mol. The molecule has 0 aromatic heterocycles. The monoisotopic (exact) mass is 147 g/mol. The molecule has 0 bridgehead atoms. The summed E-state index contributed by atoms with van der Waals surface area (Å²) in [5, 5.41) is -0.0486. The molecule has 1 heterocycles. The number of hydrogen-bond donors (Lipinski definition) is 1. The van der Waals surface area contributed by atoms with Crippen molar-refractivity contribution >= 4 is 15.9 Å². The molecule has 0 aromatic rings. The third-order valence-corrected chi connectivity index (χ3v) is 2.39. The maximum absolute atomic E-state index is 10.5. The molecule has 0 aliphatic carbocycles. The van der Waals surface area contributed by atoms with E-state index in [0.717, 1.165) is 0 Å². The first kappa shape index (κ1) is 6.41. The summed E-state index contributed by atoms with van der Waals surface area (Å²) in [6.45, 7) is 3.19. The van der Waals surface area contributed by atoms with E-state index in [4.69, 9.17) is 0 Å². The van der Waals surface area contributed by atoms with Crippen molar-refractivity contribution in [3.63, 3.8) is 0 Å². The predicted octanol–water partition coefficient (Wildman–Crippen LogP) is -0.798. The van der Waals surface area contributed by atoms with Crippen LogP contribution < -0.4 is 4.72 Å². The lowest BCUT2D eigenvalue weighted by Gasteiger charge is -1.89. The van der Waals surface area contributed by atoms with E-state index >= 15 is 0 Å². The zero-order chi connectivity index (χ0) is 7.07. The molecule has 1 saturated heterocycles. The number of rotatable bonds is 0. The molecule has 1 N–H and O–H groups in total. The minimum Gasteiger partial charge on any atom is -0.269 e. The number of nitrogens with one attached hydrogen (secondary N) is 1. The molecule has 0 saturated carbocycles. The van der Waals surface area contributed by atoms with Gasteiger partial charge in [0.05, 0.1) is 5.25 Å². The van der Waals surface area contributed by atoms with Gasteiger partial charge in [0, 0.05) is 0 Å². The minimum absolute atomic E-state index is 0.0486. The number of sulfonamides is 1. The molecule has 0 atom stereocenters. The Bertz CT molecular complexity index is 230. The Morgan fingerprint density at radius 2 is 2.22 bits per heavy atom. The van der Waals surface area contributed by atoms with E-state index in [0.29, 0.717) is 0 Å². The zero-order valence-electron chi connectivity index (χ0n) is 4.55. The SMILES string of the molecule is [CH2-][C+]1CC(=O)NS1(=O)=O. The molecule has 0 unspecified atom stereocenters. The van der Waals surface area contributed by atoms with Crippen molar-refractivity contribution in [2.45, 2.75) is 6.42 Å². The normalized spacial score (nSPS) is 24.1. The van der Waals surface area contributed by atoms with Crippen LogP contribution in [0, 0.1) is 12.2 Å². The Morgan fingerprint density at radius 1 is 1.67 bits per heavy atom. The Hall–Kier alpha value is -0.710. The standard InChI is InChI=1S/C4H5NO3S/c1-3-2-4(6)5-9(3,7)8/h1-2H2,(H,5,6). The molecule has 4 nitrogen and oxygen atoms in total. The van der Waals surface area contributed by atoms with Crippen LogP contribution in [0.15, 0.2) is 0 Å². The van der Waals surface area contributed by atoms with Gasteiger partial charge in [0.1, 0.15) is 0 Å². The average molecular weight is 147 g/mol. The van der Waals surface area contributed by atoms with Crippen molar-refractivity contribution in [2.24, 2.45) is 0 Å². The van der Waals surface area contributed by atoms with Crippen molar-refractivity contribution in [1.82, 2.24) is 4.72 Å². The Kier molecular flexibility index (Phi) is 1.16. The first-order valence-corrected chi connectivity index (χ1v) is 3.74. The lowest BCUT2D eigenvalue weighted by atomic mass is 10.3. The van der Waals surface area contributed by atoms with Crippen LogP contribution in [0.1, 0.15) is 6.42 Å². The second-order valence-electron chi connectivity index (χ2n) is 1.74. The van der Waals surface area contributed by atoms with Gasteiger partial charge < -0.3 is 0 Å². The summed E-state index contributed by atoms with van der Waals surface area (Å²) in [6.07, 6.45) is -0.0949. The van der Waals surface area contributed by atoms with E-state index in [1.54, 1.807) is 4.72 Å². The van der Waals surface area contributed by atoms with E-state index in [1.165, 1.54) is 0 Å². The first-order chi connectivity index (χ1) is 4.02. The minimum atomic E-state index is -3.47. The quantitative estimate of drug-likeness (QED) is 0.456. The van der Waals surface area contributed by atoms with E-state index in [1.807, 2.05) is 0 Å². The van der Waals surface area contributed by atoms with Gasteiger partial charge in [-0.15, -0.1) is 6.92 Å². The number of amides is 1. The van der Waals surface area contributed by atoms with Crippen LogP contribution in [-0.2, 0) is 14.8 Å². The van der Waals surface area contributed by atoms with Gasteiger partial charge in [0.15, 0.2) is 6.42 Å². The predicted molar refractivity (Wildman–Crippen MR) is 30.3 cm³/mol. The van der Waals surface area contributed by atoms with E-state index in [2.05, 4.69) is 6.92 Å². The Labute approximate surface area is 53.3 Å². The van der Waals surface area contributed by atoms with Crippen LogP contribution in [0.5, 0.6) is 0 Å². The molecular formula is C4H5NO3S. The number of carbonyl (C=O) groups is 1. The fourth-order valence-corrected chi connectivity index (χ4v) is 1.37. The van der Waals surface area contributed by atoms with Gasteiger partial charge in [-0.2, -0.15) is 8.42 Å². The highest BCUT2D eigenvalue weighted by molar-refractivity contribution is 7.93. The van der Waals surface area contributed by atoms with Crippen molar-refractivity contribution in [3.8, 4) is 0 Å². The fraction of sp³-hybridized carbons (Fsp3) is 0.250. The third kappa shape index (κ3) is 0.999. The largest absolute Gasteiger partial charge is 0.358 e. The lowest BCUT2D eigenvalue weighted by Crippen LogP contribution is -2.20. The summed E-state index contributed by atoms with van der Waals surface area (Å²) >= 11 is 0. The van der Waals surface area contributed by atoms with Crippen LogP contribution in [0.4, 0.5) is 0 Å². The molecule has 1 amide bonds. The van der Waals surface area contributed by atoms with Crippen LogP contribution in [0.2, 0.25) is 0 Å². The Balaban J connectivity index is 2.95. The van der Waals surface area contributed by atoms with Gasteiger partial charge in [-0.25, -0.2) is 4.72 Å². The first-order valence-electron chi connectivity index (χ1n) is 2.26. The highest BCUT2D eigenvalue weighted by Gasteiger charge is 2.38. The Morgan fingerprint density at radius 3 is 2.33 bits per heavy atom. The van der Waals surface area contributed by atoms with E-state index < -0.39 is 15.9 Å². The lowest BCUT2D eigenvalue weighted by molar-refractivity contribution is -0.118. The van der Waals surface area contributed by atoms with Crippen LogP contribution >= 0.6 is 0 Å². The van der Waals surface area contributed by atoms with E-state index in [-0.39, 0.29) is 11.7 Å². The van der Waals surface area contributed by atoms with Gasteiger partial charge in [0.25, 0.3) is 5.91 Å². The highest BCUT2D eigenvalue weighted by atomic mass is 32.2.